The van der Waals surface area contributed by atoms with Crippen LogP contribution >= 0.6 is 22.6 Å². The lowest BCUT2D eigenvalue weighted by Gasteiger charge is -2.04. The van der Waals surface area contributed by atoms with Crippen molar-refractivity contribution in [3.8, 4) is 0 Å². The first-order chi connectivity index (χ1) is 7.56. The monoisotopic (exact) mass is 334 g/mol. The minimum Gasteiger partial charge on any atom is -0.351 e. The van der Waals surface area contributed by atoms with Gasteiger partial charge in [-0.25, -0.2) is 0 Å². The molecule has 0 aliphatic rings. The normalized spacial score (nSPS) is 9.88. The average molecular weight is 334 g/mol. The molecular weight excluding hydrogens is 323 g/mol. The summed E-state index contributed by atoms with van der Waals surface area (Å²) in [5.74, 6) is -0.278. The third kappa shape index (κ3) is 3.16. The zero-order valence-corrected chi connectivity index (χ0v) is 10.9. The van der Waals surface area contributed by atoms with Crippen LogP contribution in [0.4, 0.5) is 5.69 Å². The van der Waals surface area contributed by atoms with Gasteiger partial charge in [0.25, 0.3) is 11.6 Å². The van der Waals surface area contributed by atoms with Gasteiger partial charge in [0.15, 0.2) is 0 Å². The predicted molar refractivity (Wildman–Crippen MR) is 69.1 cm³/mol. The van der Waals surface area contributed by atoms with Crippen molar-refractivity contribution in [2.24, 2.45) is 0 Å². The number of hydrogen-bond acceptors (Lipinski definition) is 3. The molecule has 0 atom stereocenters. The molecule has 0 radical (unpaired) electrons. The lowest BCUT2D eigenvalue weighted by Crippen LogP contribution is -2.25. The van der Waals surface area contributed by atoms with Gasteiger partial charge in [0.2, 0.25) is 0 Å². The molecule has 0 aliphatic heterocycles. The maximum atomic E-state index is 11.6. The van der Waals surface area contributed by atoms with Crippen LogP contribution in [0.1, 0.15) is 15.9 Å². The molecule has 1 rings (SSSR count). The number of nitrogens with one attached hydrogen (secondary N) is 1. The Morgan fingerprint density at radius 2 is 2.25 bits per heavy atom. The minimum atomic E-state index is -0.482. The van der Waals surface area contributed by atoms with Crippen molar-refractivity contribution in [2.45, 2.75) is 6.92 Å². The number of alkyl halides is 1. The van der Waals surface area contributed by atoms with Crippen LogP contribution in [-0.4, -0.2) is 21.8 Å². The van der Waals surface area contributed by atoms with Crippen molar-refractivity contribution in [1.29, 1.82) is 0 Å². The largest absolute Gasteiger partial charge is 0.351 e. The Morgan fingerprint density at radius 3 is 2.81 bits per heavy atom. The number of aryl methyl sites for hydroxylation is 1. The van der Waals surface area contributed by atoms with Gasteiger partial charge in [-0.1, -0.05) is 28.7 Å². The summed E-state index contributed by atoms with van der Waals surface area (Å²) in [5.41, 5.74) is 0.847. The number of nitro benzene ring substituents is 1. The van der Waals surface area contributed by atoms with E-state index < -0.39 is 4.92 Å². The SMILES string of the molecule is Cc1ccc(C(=O)NCCI)cc1[N+](=O)[O-]. The molecule has 0 unspecified atom stereocenters. The van der Waals surface area contributed by atoms with Gasteiger partial charge in [0.05, 0.1) is 4.92 Å². The van der Waals surface area contributed by atoms with Crippen molar-refractivity contribution < 1.29 is 9.72 Å². The number of nitrogens with zero attached hydrogens (tertiary/aromatic N) is 1. The van der Waals surface area contributed by atoms with E-state index in [4.69, 9.17) is 0 Å². The molecule has 0 spiro atoms. The molecule has 1 aromatic carbocycles. The van der Waals surface area contributed by atoms with E-state index in [1.165, 1.54) is 6.07 Å². The summed E-state index contributed by atoms with van der Waals surface area (Å²) in [6.07, 6.45) is 0. The first-order valence-electron chi connectivity index (χ1n) is 4.65. The Morgan fingerprint density at radius 1 is 1.56 bits per heavy atom. The molecular formula is C10H11IN2O3. The molecule has 0 saturated heterocycles. The Bertz CT molecular complexity index is 421. The number of halogens is 1. The van der Waals surface area contributed by atoms with E-state index in [1.807, 2.05) is 0 Å². The number of carbonyl (C=O) groups excluding carboxylic acids is 1. The smallest absolute Gasteiger partial charge is 0.273 e. The lowest BCUT2D eigenvalue weighted by atomic mass is 10.1. The van der Waals surface area contributed by atoms with Crippen LogP contribution in [0.25, 0.3) is 0 Å². The zero-order chi connectivity index (χ0) is 12.1. The van der Waals surface area contributed by atoms with Crippen LogP contribution in [0.5, 0.6) is 0 Å². The van der Waals surface area contributed by atoms with Gasteiger partial charge in [-0.15, -0.1) is 0 Å². The molecule has 0 heterocycles. The fraction of sp³-hybridized carbons (Fsp3) is 0.300. The molecule has 0 aliphatic carbocycles. The standard InChI is InChI=1S/C10H11IN2O3/c1-7-2-3-8(6-9(7)13(15)16)10(14)12-5-4-11/h2-3,6H,4-5H2,1H3,(H,12,14). The molecule has 6 heteroatoms. The second kappa shape index (κ2) is 5.78. The summed E-state index contributed by atoms with van der Waals surface area (Å²) in [4.78, 5) is 21.8. The van der Waals surface area contributed by atoms with E-state index in [0.717, 1.165) is 4.43 Å². The van der Waals surface area contributed by atoms with Crippen LogP contribution in [0.3, 0.4) is 0 Å². The highest BCUT2D eigenvalue weighted by atomic mass is 127. The van der Waals surface area contributed by atoms with Crippen LogP contribution in [-0.2, 0) is 0 Å². The fourth-order valence-corrected chi connectivity index (χ4v) is 1.48. The summed E-state index contributed by atoms with van der Waals surface area (Å²) in [5, 5.41) is 13.3. The number of benzene rings is 1. The predicted octanol–water partition coefficient (Wildman–Crippen LogP) is 2.07. The van der Waals surface area contributed by atoms with E-state index in [9.17, 15) is 14.9 Å². The molecule has 1 amide bonds. The van der Waals surface area contributed by atoms with Crippen molar-refractivity contribution in [3.05, 3.63) is 39.4 Å². The highest BCUT2D eigenvalue weighted by Crippen LogP contribution is 2.19. The summed E-state index contributed by atoms with van der Waals surface area (Å²) >= 11 is 2.14. The Balaban J connectivity index is 2.94. The maximum absolute atomic E-state index is 11.6. The van der Waals surface area contributed by atoms with E-state index in [1.54, 1.807) is 19.1 Å². The van der Waals surface area contributed by atoms with Gasteiger partial charge in [-0.2, -0.15) is 0 Å². The molecule has 1 aromatic rings. The Labute approximate surface area is 107 Å². The van der Waals surface area contributed by atoms with Crippen molar-refractivity contribution in [1.82, 2.24) is 5.32 Å². The second-order valence-corrected chi connectivity index (χ2v) is 4.28. The van der Waals surface area contributed by atoms with Gasteiger partial charge in [0, 0.05) is 28.2 Å². The summed E-state index contributed by atoms with van der Waals surface area (Å²) in [6.45, 7) is 2.20. The molecule has 0 fully saturated rings. The lowest BCUT2D eigenvalue weighted by molar-refractivity contribution is -0.385. The van der Waals surface area contributed by atoms with E-state index in [0.29, 0.717) is 17.7 Å². The second-order valence-electron chi connectivity index (χ2n) is 3.20. The van der Waals surface area contributed by atoms with E-state index >= 15 is 0 Å². The van der Waals surface area contributed by atoms with Gasteiger partial charge in [0.1, 0.15) is 0 Å². The molecule has 86 valence electrons. The molecule has 16 heavy (non-hydrogen) atoms. The zero-order valence-electron chi connectivity index (χ0n) is 8.70. The average Bonchev–Trinajstić information content (AvgIpc) is 2.26. The summed E-state index contributed by atoms with van der Waals surface area (Å²) in [6, 6.07) is 4.47. The van der Waals surface area contributed by atoms with Gasteiger partial charge < -0.3 is 5.32 Å². The maximum Gasteiger partial charge on any atom is 0.273 e. The van der Waals surface area contributed by atoms with Crippen LogP contribution in [0.15, 0.2) is 18.2 Å². The van der Waals surface area contributed by atoms with Crippen LogP contribution in [0.2, 0.25) is 0 Å². The molecule has 1 N–H and O–H groups in total. The van der Waals surface area contributed by atoms with Gasteiger partial charge in [-0.3, -0.25) is 14.9 Å². The highest BCUT2D eigenvalue weighted by Gasteiger charge is 2.14. The summed E-state index contributed by atoms with van der Waals surface area (Å²) in [7, 11) is 0. The third-order valence-corrected chi connectivity index (χ3v) is 2.59. The van der Waals surface area contributed by atoms with Crippen molar-refractivity contribution >= 4 is 34.2 Å². The highest BCUT2D eigenvalue weighted by molar-refractivity contribution is 14.1. The fourth-order valence-electron chi connectivity index (χ4n) is 1.21. The first-order valence-corrected chi connectivity index (χ1v) is 6.18. The summed E-state index contributed by atoms with van der Waals surface area (Å²) < 4.78 is 0.803. The quantitative estimate of drug-likeness (QED) is 0.397. The minimum absolute atomic E-state index is 0.0258. The molecule has 5 nitrogen and oxygen atoms in total. The van der Waals surface area contributed by atoms with Crippen molar-refractivity contribution in [3.63, 3.8) is 0 Å². The van der Waals surface area contributed by atoms with Crippen molar-refractivity contribution in [2.75, 3.05) is 11.0 Å². The van der Waals surface area contributed by atoms with E-state index in [2.05, 4.69) is 27.9 Å². The topological polar surface area (TPSA) is 72.2 Å². The Hall–Kier alpha value is -1.18. The molecule has 0 aromatic heterocycles. The van der Waals surface area contributed by atoms with E-state index in [-0.39, 0.29) is 11.6 Å². The van der Waals surface area contributed by atoms with Crippen LogP contribution in [0, 0.1) is 17.0 Å². The number of nitro groups is 1. The van der Waals surface area contributed by atoms with Crippen LogP contribution < -0.4 is 5.32 Å². The number of hydrogen-bond donors (Lipinski definition) is 1. The van der Waals surface area contributed by atoms with Gasteiger partial charge in [-0.05, 0) is 13.0 Å². The third-order valence-electron chi connectivity index (χ3n) is 2.05. The molecule has 0 bridgehead atoms. The molecule has 0 saturated carbocycles. The number of amides is 1. The van der Waals surface area contributed by atoms with Gasteiger partial charge >= 0.3 is 0 Å². The first kappa shape index (κ1) is 12.9. The number of carbonyl (C=O) groups is 1. The Kier molecular flexibility index (Phi) is 4.66. The number of rotatable bonds is 4.